The Morgan fingerprint density at radius 1 is 1.29 bits per heavy atom. The van der Waals surface area contributed by atoms with Gasteiger partial charge in [0.25, 0.3) is 0 Å². The standard InChI is InChI=1S/C12H14BrN/c13-9-2-1-8-3-4-12(5-6-12)11(14)10(8)7-9/h1-2,7,11H,3-6,14H2. The van der Waals surface area contributed by atoms with E-state index < -0.39 is 0 Å². The van der Waals surface area contributed by atoms with E-state index in [1.165, 1.54) is 36.8 Å². The largest absolute Gasteiger partial charge is 0.323 e. The summed E-state index contributed by atoms with van der Waals surface area (Å²) in [4.78, 5) is 0. The van der Waals surface area contributed by atoms with E-state index in [1.54, 1.807) is 0 Å². The lowest BCUT2D eigenvalue weighted by Crippen LogP contribution is -2.28. The molecule has 1 aromatic rings. The minimum atomic E-state index is 0.281. The third kappa shape index (κ3) is 1.17. The first-order valence-electron chi connectivity index (χ1n) is 5.25. The van der Waals surface area contributed by atoms with Crippen LogP contribution in [0.25, 0.3) is 0 Å². The van der Waals surface area contributed by atoms with Crippen LogP contribution in [0.15, 0.2) is 22.7 Å². The molecule has 2 heteroatoms. The quantitative estimate of drug-likeness (QED) is 0.754. The van der Waals surface area contributed by atoms with Crippen molar-refractivity contribution in [1.29, 1.82) is 0 Å². The second kappa shape index (κ2) is 2.83. The predicted molar refractivity (Wildman–Crippen MR) is 61.1 cm³/mol. The Labute approximate surface area is 92.8 Å². The van der Waals surface area contributed by atoms with Crippen LogP contribution in [0.2, 0.25) is 0 Å². The summed E-state index contributed by atoms with van der Waals surface area (Å²) < 4.78 is 1.16. The maximum atomic E-state index is 6.33. The van der Waals surface area contributed by atoms with Gasteiger partial charge in [-0.15, -0.1) is 0 Å². The third-order valence-corrected chi connectivity index (χ3v) is 4.38. The van der Waals surface area contributed by atoms with Crippen molar-refractivity contribution in [2.45, 2.75) is 31.7 Å². The lowest BCUT2D eigenvalue weighted by Gasteiger charge is -2.31. The molecule has 1 fully saturated rings. The Hall–Kier alpha value is -0.340. The van der Waals surface area contributed by atoms with Gasteiger partial charge in [-0.3, -0.25) is 0 Å². The van der Waals surface area contributed by atoms with Gasteiger partial charge in [-0.1, -0.05) is 22.0 Å². The smallest absolute Gasteiger partial charge is 0.0355 e. The van der Waals surface area contributed by atoms with Crippen LogP contribution in [0.3, 0.4) is 0 Å². The summed E-state index contributed by atoms with van der Waals surface area (Å²) in [7, 11) is 0. The van der Waals surface area contributed by atoms with Crippen LogP contribution in [0.5, 0.6) is 0 Å². The molecule has 2 aliphatic rings. The van der Waals surface area contributed by atoms with E-state index >= 15 is 0 Å². The second-order valence-corrected chi connectivity index (χ2v) is 5.60. The number of nitrogens with two attached hydrogens (primary N) is 1. The molecule has 2 N–H and O–H groups in total. The molecule has 0 radical (unpaired) electrons. The summed E-state index contributed by atoms with van der Waals surface area (Å²) in [6, 6.07) is 6.83. The molecule has 1 atom stereocenters. The van der Waals surface area contributed by atoms with Crippen LogP contribution in [0.4, 0.5) is 0 Å². The first-order valence-corrected chi connectivity index (χ1v) is 6.04. The highest BCUT2D eigenvalue weighted by Gasteiger charge is 2.50. The van der Waals surface area contributed by atoms with Crippen molar-refractivity contribution in [3.05, 3.63) is 33.8 Å². The average Bonchev–Trinajstić information content (AvgIpc) is 2.94. The maximum Gasteiger partial charge on any atom is 0.0355 e. The van der Waals surface area contributed by atoms with E-state index in [0.29, 0.717) is 5.41 Å². The number of fused-ring (bicyclic) bond motifs is 1. The van der Waals surface area contributed by atoms with Gasteiger partial charge in [-0.2, -0.15) is 0 Å². The molecule has 1 unspecified atom stereocenters. The van der Waals surface area contributed by atoms with E-state index in [1.807, 2.05) is 0 Å². The number of hydrogen-bond donors (Lipinski definition) is 1. The normalized spacial score (nSPS) is 27.4. The monoisotopic (exact) mass is 251 g/mol. The van der Waals surface area contributed by atoms with E-state index in [-0.39, 0.29) is 6.04 Å². The van der Waals surface area contributed by atoms with E-state index in [4.69, 9.17) is 5.73 Å². The van der Waals surface area contributed by atoms with Crippen molar-refractivity contribution in [2.24, 2.45) is 11.1 Å². The molecule has 3 rings (SSSR count). The summed E-state index contributed by atoms with van der Waals surface area (Å²) in [6.45, 7) is 0. The zero-order valence-electron chi connectivity index (χ0n) is 8.09. The van der Waals surface area contributed by atoms with Crippen LogP contribution in [-0.4, -0.2) is 0 Å². The first kappa shape index (κ1) is 8.93. The molecule has 74 valence electrons. The Morgan fingerprint density at radius 2 is 2.07 bits per heavy atom. The lowest BCUT2D eigenvalue weighted by atomic mass is 9.78. The van der Waals surface area contributed by atoms with Crippen LogP contribution < -0.4 is 5.73 Å². The number of rotatable bonds is 0. The van der Waals surface area contributed by atoms with Gasteiger partial charge in [0.05, 0.1) is 0 Å². The zero-order chi connectivity index (χ0) is 9.76. The summed E-state index contributed by atoms with van der Waals surface area (Å²) in [5, 5.41) is 0. The molecule has 0 amide bonds. The molecule has 1 aromatic carbocycles. The summed E-state index contributed by atoms with van der Waals surface area (Å²) in [5.74, 6) is 0. The fourth-order valence-corrected chi connectivity index (χ4v) is 3.05. The van der Waals surface area contributed by atoms with Crippen LogP contribution in [0, 0.1) is 5.41 Å². The Bertz CT molecular complexity index is 382. The Morgan fingerprint density at radius 3 is 2.79 bits per heavy atom. The van der Waals surface area contributed by atoms with Gasteiger partial charge in [-0.25, -0.2) is 0 Å². The van der Waals surface area contributed by atoms with Crippen molar-refractivity contribution < 1.29 is 0 Å². The molecular formula is C12H14BrN. The van der Waals surface area contributed by atoms with Crippen molar-refractivity contribution in [3.8, 4) is 0 Å². The molecule has 0 saturated heterocycles. The molecule has 2 aliphatic carbocycles. The molecule has 1 nitrogen and oxygen atoms in total. The average molecular weight is 252 g/mol. The van der Waals surface area contributed by atoms with E-state index in [2.05, 4.69) is 34.1 Å². The van der Waals surface area contributed by atoms with Gasteiger partial charge in [0, 0.05) is 10.5 Å². The zero-order valence-corrected chi connectivity index (χ0v) is 9.68. The highest BCUT2D eigenvalue weighted by Crippen LogP contribution is 2.59. The first-order chi connectivity index (χ1) is 6.71. The predicted octanol–water partition coefficient (Wildman–Crippen LogP) is 3.18. The minimum Gasteiger partial charge on any atom is -0.323 e. The summed E-state index contributed by atoms with van der Waals surface area (Å²) >= 11 is 3.52. The van der Waals surface area contributed by atoms with Crippen LogP contribution in [-0.2, 0) is 6.42 Å². The molecule has 1 saturated carbocycles. The molecule has 14 heavy (non-hydrogen) atoms. The Balaban J connectivity index is 2.09. The maximum absolute atomic E-state index is 6.33. The fraction of sp³-hybridized carbons (Fsp3) is 0.500. The van der Waals surface area contributed by atoms with Crippen LogP contribution >= 0.6 is 15.9 Å². The number of halogens is 1. The highest BCUT2D eigenvalue weighted by molar-refractivity contribution is 9.10. The number of hydrogen-bond acceptors (Lipinski definition) is 1. The molecule has 0 bridgehead atoms. The summed E-state index contributed by atoms with van der Waals surface area (Å²) in [5.41, 5.74) is 9.65. The van der Waals surface area contributed by atoms with Gasteiger partial charge in [0.15, 0.2) is 0 Å². The van der Waals surface area contributed by atoms with Crippen molar-refractivity contribution in [3.63, 3.8) is 0 Å². The summed E-state index contributed by atoms with van der Waals surface area (Å²) in [6.07, 6.45) is 5.18. The van der Waals surface area contributed by atoms with Gasteiger partial charge in [0.1, 0.15) is 0 Å². The molecule has 1 spiro atoms. The number of benzene rings is 1. The molecular weight excluding hydrogens is 238 g/mol. The molecule has 0 aliphatic heterocycles. The topological polar surface area (TPSA) is 26.0 Å². The molecule has 0 heterocycles. The van der Waals surface area contributed by atoms with Crippen LogP contribution in [0.1, 0.15) is 36.4 Å². The fourth-order valence-electron chi connectivity index (χ4n) is 2.67. The molecule has 0 aromatic heterocycles. The minimum absolute atomic E-state index is 0.281. The SMILES string of the molecule is NC1c2cc(Br)ccc2CCC12CC2. The second-order valence-electron chi connectivity index (χ2n) is 4.68. The van der Waals surface area contributed by atoms with Gasteiger partial charge in [-0.05, 0) is 54.4 Å². The van der Waals surface area contributed by atoms with Gasteiger partial charge >= 0.3 is 0 Å². The van der Waals surface area contributed by atoms with Gasteiger partial charge < -0.3 is 5.73 Å². The van der Waals surface area contributed by atoms with Gasteiger partial charge in [0.2, 0.25) is 0 Å². The van der Waals surface area contributed by atoms with Crippen molar-refractivity contribution >= 4 is 15.9 Å². The lowest BCUT2D eigenvalue weighted by molar-refractivity contribution is 0.354. The van der Waals surface area contributed by atoms with Crippen molar-refractivity contribution in [2.75, 3.05) is 0 Å². The third-order valence-electron chi connectivity index (χ3n) is 3.89. The van der Waals surface area contributed by atoms with E-state index in [0.717, 1.165) is 4.47 Å². The highest BCUT2D eigenvalue weighted by atomic mass is 79.9. The Kier molecular flexibility index (Phi) is 1.80. The van der Waals surface area contributed by atoms with E-state index in [9.17, 15) is 0 Å². The number of aryl methyl sites for hydroxylation is 1. The van der Waals surface area contributed by atoms with Crippen molar-refractivity contribution in [1.82, 2.24) is 0 Å².